The van der Waals surface area contributed by atoms with E-state index in [1.165, 1.54) is 12.0 Å². The molecule has 42 heavy (non-hydrogen) atoms. The van der Waals surface area contributed by atoms with Crippen LogP contribution in [0.4, 0.5) is 4.79 Å². The second-order valence-corrected chi connectivity index (χ2v) is 10.1. The second kappa shape index (κ2) is 12.6. The minimum Gasteiger partial charge on any atom is -0.497 e. The van der Waals surface area contributed by atoms with E-state index in [4.69, 9.17) is 23.7 Å². The Morgan fingerprint density at radius 1 is 1.00 bits per heavy atom. The molecule has 2 aromatic rings. The van der Waals surface area contributed by atoms with Crippen LogP contribution in [0.2, 0.25) is 0 Å². The molecule has 3 aliphatic heterocycles. The molecule has 0 aliphatic carbocycles. The van der Waals surface area contributed by atoms with Crippen LogP contribution < -0.4 is 24.3 Å². The number of ether oxygens (including phenoxy) is 5. The molecular weight excluding hydrogens is 544 g/mol. The van der Waals surface area contributed by atoms with Gasteiger partial charge in [-0.25, -0.2) is 9.59 Å². The lowest BCUT2D eigenvalue weighted by Crippen LogP contribution is -2.49. The minimum absolute atomic E-state index is 0.0825. The normalized spacial score (nSPS) is 18.9. The fourth-order valence-electron chi connectivity index (χ4n) is 5.45. The van der Waals surface area contributed by atoms with Crippen LogP contribution in [0.1, 0.15) is 35.3 Å². The fraction of sp³-hybridized carbons (Fsp3) is 0.433. The van der Waals surface area contributed by atoms with Gasteiger partial charge in [0.05, 0.1) is 32.4 Å². The van der Waals surface area contributed by atoms with E-state index in [1.807, 2.05) is 4.90 Å². The molecule has 0 bridgehead atoms. The Balaban J connectivity index is 1.41. The van der Waals surface area contributed by atoms with Gasteiger partial charge in [-0.05, 0) is 49.7 Å². The summed E-state index contributed by atoms with van der Waals surface area (Å²) in [5.41, 5.74) is 1.97. The zero-order valence-corrected chi connectivity index (χ0v) is 24.3. The summed E-state index contributed by atoms with van der Waals surface area (Å²) in [5, 5.41) is 2.94. The number of nitrogens with one attached hydrogen (secondary N) is 1. The number of methoxy groups -OCH3 is 2. The van der Waals surface area contributed by atoms with E-state index >= 15 is 0 Å². The van der Waals surface area contributed by atoms with E-state index in [0.29, 0.717) is 78.1 Å². The number of carbonyl (C=O) groups excluding carboxylic acids is 3. The Morgan fingerprint density at radius 3 is 2.57 bits per heavy atom. The van der Waals surface area contributed by atoms with E-state index in [2.05, 4.69) is 10.2 Å². The fourth-order valence-corrected chi connectivity index (χ4v) is 5.45. The number of hydrogen-bond donors (Lipinski definition) is 1. The van der Waals surface area contributed by atoms with Crippen LogP contribution in [0.3, 0.4) is 0 Å². The molecule has 1 fully saturated rings. The Kier molecular flexibility index (Phi) is 8.72. The highest BCUT2D eigenvalue weighted by Gasteiger charge is 2.39. The molecule has 0 saturated carbocycles. The lowest BCUT2D eigenvalue weighted by Gasteiger charge is -2.37. The largest absolute Gasteiger partial charge is 0.497 e. The van der Waals surface area contributed by atoms with E-state index in [1.54, 1.807) is 57.5 Å². The number of benzene rings is 2. The molecule has 0 aromatic heterocycles. The predicted octanol–water partition coefficient (Wildman–Crippen LogP) is 2.79. The number of amides is 3. The Labute approximate surface area is 244 Å². The van der Waals surface area contributed by atoms with Crippen molar-refractivity contribution in [2.75, 3.05) is 67.4 Å². The molecule has 3 amide bonds. The van der Waals surface area contributed by atoms with Crippen molar-refractivity contribution in [1.82, 2.24) is 20.0 Å². The van der Waals surface area contributed by atoms with Crippen LogP contribution in [0.15, 0.2) is 47.7 Å². The first-order valence-corrected chi connectivity index (χ1v) is 13.9. The minimum atomic E-state index is -0.816. The summed E-state index contributed by atoms with van der Waals surface area (Å²) >= 11 is 0. The maximum atomic E-state index is 13.5. The smallest absolute Gasteiger partial charge is 0.338 e. The van der Waals surface area contributed by atoms with Crippen LogP contribution in [0.5, 0.6) is 23.0 Å². The molecule has 0 spiro atoms. The van der Waals surface area contributed by atoms with Gasteiger partial charge in [-0.2, -0.15) is 0 Å². The van der Waals surface area contributed by atoms with Gasteiger partial charge in [0.25, 0.3) is 5.91 Å². The number of esters is 1. The van der Waals surface area contributed by atoms with Crippen molar-refractivity contribution in [3.8, 4) is 23.0 Å². The molecule has 224 valence electrons. The van der Waals surface area contributed by atoms with Crippen LogP contribution in [0.25, 0.3) is 0 Å². The first kappa shape index (κ1) is 29.1. The standard InChI is InChI=1S/C30H36N4O8/c1-5-40-29(36)26-22(32(2)30(37)31-27(26)21-16-20(38-3)8-10-23(21)39-4)17-33-11-6-12-34(14-13-33)28(35)19-7-9-24-25(15-19)42-18-41-24/h7-10,15-16,27H,5-6,11-14,17-18H2,1-4H3,(H,31,37). The number of nitrogens with zero attached hydrogens (tertiary/aromatic N) is 3. The lowest BCUT2D eigenvalue weighted by atomic mass is 9.93. The van der Waals surface area contributed by atoms with E-state index in [0.717, 1.165) is 6.42 Å². The summed E-state index contributed by atoms with van der Waals surface area (Å²) in [6.07, 6.45) is 0.724. The summed E-state index contributed by atoms with van der Waals surface area (Å²) in [7, 11) is 4.72. The molecule has 1 atom stereocenters. The van der Waals surface area contributed by atoms with Crippen molar-refractivity contribution in [2.45, 2.75) is 19.4 Å². The molecule has 1 N–H and O–H groups in total. The molecule has 0 radical (unpaired) electrons. The maximum absolute atomic E-state index is 13.5. The van der Waals surface area contributed by atoms with Gasteiger partial charge in [0.15, 0.2) is 11.5 Å². The van der Waals surface area contributed by atoms with Gasteiger partial charge in [0.1, 0.15) is 11.5 Å². The third-order valence-electron chi connectivity index (χ3n) is 7.69. The number of likely N-dealkylation sites (N-methyl/N-ethyl adjacent to an activating group) is 1. The summed E-state index contributed by atoms with van der Waals surface area (Å²) in [5.74, 6) is 1.65. The van der Waals surface area contributed by atoms with Gasteiger partial charge in [0.2, 0.25) is 6.79 Å². The zero-order chi connectivity index (χ0) is 29.8. The lowest BCUT2D eigenvalue weighted by molar-refractivity contribution is -0.139. The molecule has 3 heterocycles. The SMILES string of the molecule is CCOC(=O)C1=C(CN2CCCN(C(=O)c3ccc4c(c3)OCO4)CC2)N(C)C(=O)NC1c1cc(OC)ccc1OC. The number of rotatable bonds is 8. The highest BCUT2D eigenvalue weighted by atomic mass is 16.7. The van der Waals surface area contributed by atoms with Crippen LogP contribution in [-0.2, 0) is 9.53 Å². The summed E-state index contributed by atoms with van der Waals surface area (Å²) in [6.45, 7) is 4.67. The number of carbonyl (C=O) groups is 3. The van der Waals surface area contributed by atoms with Gasteiger partial charge in [-0.15, -0.1) is 0 Å². The molecule has 5 rings (SSSR count). The third kappa shape index (κ3) is 5.80. The average Bonchev–Trinajstić information content (AvgIpc) is 3.35. The molecular formula is C30H36N4O8. The average molecular weight is 581 g/mol. The van der Waals surface area contributed by atoms with Gasteiger partial charge in [-0.1, -0.05) is 0 Å². The number of hydrogen-bond acceptors (Lipinski definition) is 9. The first-order valence-electron chi connectivity index (χ1n) is 13.9. The van der Waals surface area contributed by atoms with Crippen molar-refractivity contribution in [1.29, 1.82) is 0 Å². The van der Waals surface area contributed by atoms with Crippen molar-refractivity contribution >= 4 is 17.9 Å². The first-order chi connectivity index (χ1) is 20.3. The van der Waals surface area contributed by atoms with E-state index in [9.17, 15) is 14.4 Å². The van der Waals surface area contributed by atoms with Gasteiger partial charge < -0.3 is 33.9 Å². The highest BCUT2D eigenvalue weighted by Crippen LogP contribution is 2.38. The summed E-state index contributed by atoms with van der Waals surface area (Å²) in [4.78, 5) is 45.4. The van der Waals surface area contributed by atoms with Crippen molar-refractivity contribution in [2.24, 2.45) is 0 Å². The van der Waals surface area contributed by atoms with Crippen LogP contribution >= 0.6 is 0 Å². The Hall–Kier alpha value is -4.45. The summed E-state index contributed by atoms with van der Waals surface area (Å²) in [6, 6.07) is 9.28. The Morgan fingerprint density at radius 2 is 1.81 bits per heavy atom. The van der Waals surface area contributed by atoms with Crippen molar-refractivity contribution in [3.63, 3.8) is 0 Å². The molecule has 3 aliphatic rings. The van der Waals surface area contributed by atoms with Gasteiger partial charge in [0, 0.05) is 56.6 Å². The Bertz CT molecular complexity index is 1390. The molecule has 12 heteroatoms. The maximum Gasteiger partial charge on any atom is 0.338 e. The number of fused-ring (bicyclic) bond motifs is 1. The summed E-state index contributed by atoms with van der Waals surface area (Å²) < 4.78 is 27.3. The van der Waals surface area contributed by atoms with Crippen LogP contribution in [-0.4, -0.2) is 100.0 Å². The van der Waals surface area contributed by atoms with E-state index in [-0.39, 0.29) is 25.3 Å². The van der Waals surface area contributed by atoms with Gasteiger partial charge >= 0.3 is 12.0 Å². The zero-order valence-electron chi connectivity index (χ0n) is 24.3. The van der Waals surface area contributed by atoms with Crippen molar-refractivity contribution < 1.29 is 38.1 Å². The van der Waals surface area contributed by atoms with E-state index < -0.39 is 12.0 Å². The molecule has 1 saturated heterocycles. The monoisotopic (exact) mass is 580 g/mol. The second-order valence-electron chi connectivity index (χ2n) is 10.1. The van der Waals surface area contributed by atoms with Crippen LogP contribution in [0, 0.1) is 0 Å². The molecule has 1 unspecified atom stereocenters. The predicted molar refractivity (Wildman–Crippen MR) is 152 cm³/mol. The van der Waals surface area contributed by atoms with Crippen molar-refractivity contribution in [3.05, 3.63) is 58.8 Å². The van der Waals surface area contributed by atoms with Gasteiger partial charge in [-0.3, -0.25) is 14.6 Å². The molecule has 2 aromatic carbocycles. The topological polar surface area (TPSA) is 119 Å². The molecule has 12 nitrogen and oxygen atoms in total. The highest BCUT2D eigenvalue weighted by molar-refractivity contribution is 5.96. The quantitative estimate of drug-likeness (QED) is 0.470. The third-order valence-corrected chi connectivity index (χ3v) is 7.69. The number of urea groups is 1.